The number of benzene rings is 2. The lowest BCUT2D eigenvalue weighted by Gasteiger charge is -2.43. The number of likely N-dealkylation sites (N-methyl/N-ethyl adjacent to an activating group) is 1. The SMILES string of the molecule is CCN1C(=O)C(C)N(C2CCCC2)c2nc(-n3c(=O)c4ccccc4n3-c3ccc(Cl)cc3)ccc21. The van der Waals surface area contributed by atoms with Gasteiger partial charge in [0.05, 0.1) is 22.3 Å². The van der Waals surface area contributed by atoms with Gasteiger partial charge in [-0.05, 0) is 75.2 Å². The van der Waals surface area contributed by atoms with Gasteiger partial charge in [0.2, 0.25) is 5.91 Å². The molecule has 1 aliphatic carbocycles. The Bertz CT molecular complexity index is 1520. The molecule has 4 aromatic rings. The fraction of sp³-hybridized carbons (Fsp3) is 0.321. The maximum atomic E-state index is 13.7. The van der Waals surface area contributed by atoms with E-state index in [1.165, 1.54) is 0 Å². The summed E-state index contributed by atoms with van der Waals surface area (Å²) in [6.45, 7) is 4.52. The first-order valence-corrected chi connectivity index (χ1v) is 13.0. The summed E-state index contributed by atoms with van der Waals surface area (Å²) < 4.78 is 3.51. The monoisotopic (exact) mass is 501 g/mol. The summed E-state index contributed by atoms with van der Waals surface area (Å²) in [5.41, 5.74) is 2.26. The summed E-state index contributed by atoms with van der Waals surface area (Å²) in [7, 11) is 0. The zero-order chi connectivity index (χ0) is 25.0. The lowest BCUT2D eigenvalue weighted by atomic mass is 10.1. The van der Waals surface area contributed by atoms with E-state index >= 15 is 0 Å². The highest BCUT2D eigenvalue weighted by atomic mass is 35.5. The van der Waals surface area contributed by atoms with E-state index < -0.39 is 0 Å². The largest absolute Gasteiger partial charge is 0.340 e. The maximum Gasteiger partial charge on any atom is 0.281 e. The molecule has 1 saturated carbocycles. The van der Waals surface area contributed by atoms with Crippen molar-refractivity contribution in [1.82, 2.24) is 14.3 Å². The maximum absolute atomic E-state index is 13.7. The lowest BCUT2D eigenvalue weighted by molar-refractivity contribution is -0.120. The number of para-hydroxylation sites is 1. The van der Waals surface area contributed by atoms with Gasteiger partial charge in [-0.15, -0.1) is 0 Å². The van der Waals surface area contributed by atoms with Crippen LogP contribution in [0.15, 0.2) is 65.5 Å². The molecule has 1 atom stereocenters. The second kappa shape index (κ2) is 8.82. The van der Waals surface area contributed by atoms with Crippen LogP contribution in [0.1, 0.15) is 39.5 Å². The van der Waals surface area contributed by atoms with Crippen LogP contribution in [-0.2, 0) is 4.79 Å². The second-order valence-corrected chi connectivity index (χ2v) is 9.97. The number of hydrogen-bond donors (Lipinski definition) is 0. The molecule has 2 aromatic carbocycles. The number of amides is 1. The minimum absolute atomic E-state index is 0.0962. The summed E-state index contributed by atoms with van der Waals surface area (Å²) in [6, 6.07) is 18.7. The molecule has 1 fully saturated rings. The summed E-state index contributed by atoms with van der Waals surface area (Å²) in [4.78, 5) is 36.1. The van der Waals surface area contributed by atoms with Crippen molar-refractivity contribution < 1.29 is 4.79 Å². The van der Waals surface area contributed by atoms with Crippen molar-refractivity contribution in [2.45, 2.75) is 51.6 Å². The molecule has 2 aliphatic rings. The van der Waals surface area contributed by atoms with Gasteiger partial charge in [0.1, 0.15) is 6.04 Å². The topological polar surface area (TPSA) is 63.4 Å². The van der Waals surface area contributed by atoms with Gasteiger partial charge in [-0.1, -0.05) is 36.6 Å². The molecule has 0 spiro atoms. The number of rotatable bonds is 4. The predicted octanol–water partition coefficient (Wildman–Crippen LogP) is 5.33. The summed E-state index contributed by atoms with van der Waals surface area (Å²) >= 11 is 6.16. The normalized spacial score (nSPS) is 18.3. The first-order chi connectivity index (χ1) is 17.5. The van der Waals surface area contributed by atoms with Gasteiger partial charge in [0.25, 0.3) is 5.56 Å². The van der Waals surface area contributed by atoms with Gasteiger partial charge in [-0.2, -0.15) is 4.68 Å². The van der Waals surface area contributed by atoms with Gasteiger partial charge in [-0.3, -0.25) is 9.59 Å². The summed E-state index contributed by atoms with van der Waals surface area (Å²) in [6.07, 6.45) is 4.39. The van der Waals surface area contributed by atoms with Gasteiger partial charge < -0.3 is 9.80 Å². The average Bonchev–Trinajstić information content (AvgIpc) is 3.52. The van der Waals surface area contributed by atoms with Crippen molar-refractivity contribution in [3.63, 3.8) is 0 Å². The smallest absolute Gasteiger partial charge is 0.281 e. The molecule has 2 aromatic heterocycles. The molecule has 3 heterocycles. The van der Waals surface area contributed by atoms with Gasteiger partial charge in [0.15, 0.2) is 11.6 Å². The van der Waals surface area contributed by atoms with E-state index in [1.54, 1.807) is 9.58 Å². The van der Waals surface area contributed by atoms with E-state index in [-0.39, 0.29) is 23.6 Å². The number of halogens is 1. The lowest BCUT2D eigenvalue weighted by Crippen LogP contribution is -2.55. The third-order valence-electron chi connectivity index (χ3n) is 7.49. The molecular weight excluding hydrogens is 474 g/mol. The second-order valence-electron chi connectivity index (χ2n) is 9.54. The number of hydrogen-bond acceptors (Lipinski definition) is 4. The van der Waals surface area contributed by atoms with Crippen molar-refractivity contribution in [2.75, 3.05) is 16.3 Å². The molecule has 6 rings (SSSR count). The van der Waals surface area contributed by atoms with Crippen LogP contribution in [0.2, 0.25) is 5.02 Å². The molecular formula is C28H28ClN5O2. The third kappa shape index (κ3) is 3.45. The zero-order valence-electron chi connectivity index (χ0n) is 20.4. The molecule has 7 nitrogen and oxygen atoms in total. The molecule has 184 valence electrons. The molecule has 1 amide bonds. The number of pyridine rings is 1. The Labute approximate surface area is 214 Å². The van der Waals surface area contributed by atoms with Gasteiger partial charge >= 0.3 is 0 Å². The molecule has 1 aliphatic heterocycles. The fourth-order valence-corrected chi connectivity index (χ4v) is 5.92. The quantitative estimate of drug-likeness (QED) is 0.379. The number of fused-ring (bicyclic) bond motifs is 2. The Morgan fingerprint density at radius 2 is 1.67 bits per heavy atom. The number of aromatic nitrogens is 3. The standard InChI is InChI=1S/C28H28ClN5O2/c1-3-31-24-16-17-25(30-26(24)32(18(2)27(31)35)20-8-4-5-9-20)34-28(36)22-10-6-7-11-23(22)33(34)21-14-12-19(29)13-15-21/h6-7,10-18,20H,3-5,8-9H2,1-2H3. The Morgan fingerprint density at radius 1 is 0.944 bits per heavy atom. The highest BCUT2D eigenvalue weighted by Crippen LogP contribution is 2.40. The first kappa shape index (κ1) is 22.9. The van der Waals surface area contributed by atoms with E-state index in [1.807, 2.05) is 79.2 Å². The molecule has 0 bridgehead atoms. The van der Waals surface area contributed by atoms with E-state index in [2.05, 4.69) is 4.90 Å². The first-order valence-electron chi connectivity index (χ1n) is 12.6. The van der Waals surface area contributed by atoms with Crippen LogP contribution < -0.4 is 15.4 Å². The van der Waals surface area contributed by atoms with Crippen molar-refractivity contribution in [3.05, 3.63) is 76.0 Å². The Balaban J connectivity index is 1.60. The zero-order valence-corrected chi connectivity index (χ0v) is 21.2. The predicted molar refractivity (Wildman–Crippen MR) is 144 cm³/mol. The Morgan fingerprint density at radius 3 is 2.39 bits per heavy atom. The molecule has 36 heavy (non-hydrogen) atoms. The molecule has 0 N–H and O–H groups in total. The molecule has 0 saturated heterocycles. The van der Waals surface area contributed by atoms with E-state index in [0.717, 1.165) is 48.4 Å². The number of carbonyl (C=O) groups is 1. The fourth-order valence-electron chi connectivity index (χ4n) is 5.79. The van der Waals surface area contributed by atoms with Crippen LogP contribution in [0.3, 0.4) is 0 Å². The van der Waals surface area contributed by atoms with Gasteiger partial charge in [-0.25, -0.2) is 9.67 Å². The van der Waals surface area contributed by atoms with Crippen LogP contribution in [0, 0.1) is 0 Å². The minimum Gasteiger partial charge on any atom is -0.340 e. The van der Waals surface area contributed by atoms with Crippen molar-refractivity contribution in [1.29, 1.82) is 0 Å². The van der Waals surface area contributed by atoms with Crippen LogP contribution in [0.5, 0.6) is 0 Å². The van der Waals surface area contributed by atoms with Gasteiger partial charge in [0, 0.05) is 17.6 Å². The van der Waals surface area contributed by atoms with E-state index in [0.29, 0.717) is 22.8 Å². The van der Waals surface area contributed by atoms with Crippen LogP contribution in [0.4, 0.5) is 11.5 Å². The number of carbonyl (C=O) groups excluding carboxylic acids is 1. The number of anilines is 2. The Kier molecular flexibility index (Phi) is 5.60. The van der Waals surface area contributed by atoms with E-state index in [9.17, 15) is 9.59 Å². The molecule has 1 unspecified atom stereocenters. The summed E-state index contributed by atoms with van der Waals surface area (Å²) in [5.74, 6) is 1.39. The highest BCUT2D eigenvalue weighted by Gasteiger charge is 2.40. The minimum atomic E-state index is -0.304. The van der Waals surface area contributed by atoms with Crippen molar-refractivity contribution >= 4 is 39.9 Å². The number of nitrogens with zero attached hydrogens (tertiary/aromatic N) is 5. The van der Waals surface area contributed by atoms with E-state index in [4.69, 9.17) is 16.6 Å². The average molecular weight is 502 g/mol. The van der Waals surface area contributed by atoms with Crippen molar-refractivity contribution in [3.8, 4) is 11.5 Å². The van der Waals surface area contributed by atoms with Crippen LogP contribution in [-0.4, -0.2) is 38.9 Å². The van der Waals surface area contributed by atoms with Crippen LogP contribution in [0.25, 0.3) is 22.4 Å². The van der Waals surface area contributed by atoms with Crippen molar-refractivity contribution in [2.24, 2.45) is 0 Å². The summed E-state index contributed by atoms with van der Waals surface area (Å²) in [5, 5.41) is 1.24. The highest BCUT2D eigenvalue weighted by molar-refractivity contribution is 6.30. The molecule has 0 radical (unpaired) electrons. The molecule has 8 heteroatoms. The Hall–Kier alpha value is -3.58. The van der Waals surface area contributed by atoms with Crippen LogP contribution >= 0.6 is 11.6 Å². The third-order valence-corrected chi connectivity index (χ3v) is 7.75.